The minimum Gasteiger partial charge on any atom is -0.486 e. The SMILES string of the molecule is Cc1ccccc1-n1c(SCC(=O)N(C)C[C@H]2COc3ccccc3O2)nnc1-c1cccnc1. The van der Waals surface area contributed by atoms with Crippen LogP contribution < -0.4 is 9.47 Å². The maximum absolute atomic E-state index is 13.0. The molecule has 4 aromatic rings. The topological polar surface area (TPSA) is 82.4 Å². The van der Waals surface area contributed by atoms with Gasteiger partial charge in [0.2, 0.25) is 5.91 Å². The van der Waals surface area contributed by atoms with E-state index < -0.39 is 0 Å². The summed E-state index contributed by atoms with van der Waals surface area (Å²) < 4.78 is 13.8. The van der Waals surface area contributed by atoms with E-state index in [1.165, 1.54) is 11.8 Å². The molecule has 0 radical (unpaired) electrons. The molecular formula is C26H25N5O3S. The van der Waals surface area contributed by atoms with Crippen molar-refractivity contribution in [1.82, 2.24) is 24.6 Å². The van der Waals surface area contributed by atoms with Crippen LogP contribution in [-0.2, 0) is 4.79 Å². The molecule has 2 aromatic heterocycles. The lowest BCUT2D eigenvalue weighted by Crippen LogP contribution is -2.42. The number of thioether (sulfide) groups is 1. The Morgan fingerprint density at radius 2 is 1.89 bits per heavy atom. The fourth-order valence-electron chi connectivity index (χ4n) is 3.87. The minimum atomic E-state index is -0.225. The number of ether oxygens (including phenoxy) is 2. The second-order valence-electron chi connectivity index (χ2n) is 8.23. The van der Waals surface area contributed by atoms with E-state index in [0.717, 1.165) is 22.6 Å². The smallest absolute Gasteiger partial charge is 0.232 e. The van der Waals surface area contributed by atoms with Crippen LogP contribution in [0.25, 0.3) is 17.1 Å². The predicted octanol–water partition coefficient (Wildman–Crippen LogP) is 4.03. The van der Waals surface area contributed by atoms with E-state index in [4.69, 9.17) is 9.47 Å². The van der Waals surface area contributed by atoms with Gasteiger partial charge in [-0.15, -0.1) is 10.2 Å². The molecule has 0 saturated carbocycles. The Balaban J connectivity index is 1.30. The summed E-state index contributed by atoms with van der Waals surface area (Å²) in [6.07, 6.45) is 3.26. The molecule has 0 N–H and O–H groups in total. The predicted molar refractivity (Wildman–Crippen MR) is 134 cm³/mol. The highest BCUT2D eigenvalue weighted by atomic mass is 32.2. The molecule has 2 aromatic carbocycles. The lowest BCUT2D eigenvalue weighted by atomic mass is 10.2. The molecule has 0 spiro atoms. The number of benzene rings is 2. The summed E-state index contributed by atoms with van der Waals surface area (Å²) in [7, 11) is 1.78. The normalized spacial score (nSPS) is 14.5. The van der Waals surface area contributed by atoms with Crippen LogP contribution in [0.4, 0.5) is 0 Å². The zero-order chi connectivity index (χ0) is 24.2. The third-order valence-corrected chi connectivity index (χ3v) is 6.62. The van der Waals surface area contributed by atoms with Crippen LogP contribution in [0.5, 0.6) is 11.5 Å². The number of aromatic nitrogens is 4. The number of rotatable bonds is 7. The van der Waals surface area contributed by atoms with Gasteiger partial charge in [0.05, 0.1) is 18.0 Å². The van der Waals surface area contributed by atoms with Gasteiger partial charge in [0.1, 0.15) is 6.61 Å². The summed E-state index contributed by atoms with van der Waals surface area (Å²) in [5.74, 6) is 2.31. The van der Waals surface area contributed by atoms with E-state index >= 15 is 0 Å². The number of para-hydroxylation sites is 3. The monoisotopic (exact) mass is 487 g/mol. The Bertz CT molecular complexity index is 1330. The Labute approximate surface area is 207 Å². The molecule has 3 heterocycles. The van der Waals surface area contributed by atoms with Crippen molar-refractivity contribution >= 4 is 17.7 Å². The number of fused-ring (bicyclic) bond motifs is 1. The molecule has 1 atom stereocenters. The van der Waals surface area contributed by atoms with Crippen LogP contribution in [0.1, 0.15) is 5.56 Å². The number of hydrogen-bond acceptors (Lipinski definition) is 7. The maximum Gasteiger partial charge on any atom is 0.232 e. The molecule has 1 aliphatic rings. The number of aryl methyl sites for hydroxylation is 1. The van der Waals surface area contributed by atoms with E-state index in [1.54, 1.807) is 24.3 Å². The van der Waals surface area contributed by atoms with Crippen molar-refractivity contribution in [2.75, 3.05) is 26.0 Å². The van der Waals surface area contributed by atoms with Gasteiger partial charge in [0.15, 0.2) is 28.6 Å². The zero-order valence-electron chi connectivity index (χ0n) is 19.5. The highest BCUT2D eigenvalue weighted by Gasteiger charge is 2.25. The molecule has 0 aliphatic carbocycles. The number of nitrogens with zero attached hydrogens (tertiary/aromatic N) is 5. The number of amides is 1. The van der Waals surface area contributed by atoms with Crippen molar-refractivity contribution in [2.24, 2.45) is 0 Å². The van der Waals surface area contributed by atoms with Crippen LogP contribution in [0, 0.1) is 6.92 Å². The van der Waals surface area contributed by atoms with E-state index in [2.05, 4.69) is 15.2 Å². The summed E-state index contributed by atoms with van der Waals surface area (Å²) in [5.41, 5.74) is 2.90. The molecule has 9 heteroatoms. The summed E-state index contributed by atoms with van der Waals surface area (Å²) in [6.45, 7) is 2.87. The van der Waals surface area contributed by atoms with Crippen molar-refractivity contribution < 1.29 is 14.3 Å². The van der Waals surface area contributed by atoms with E-state index in [-0.39, 0.29) is 17.8 Å². The number of likely N-dealkylation sites (N-methyl/N-ethyl adjacent to an activating group) is 1. The Morgan fingerprint density at radius 1 is 1.09 bits per heavy atom. The highest BCUT2D eigenvalue weighted by Crippen LogP contribution is 2.31. The van der Waals surface area contributed by atoms with Gasteiger partial charge in [-0.3, -0.25) is 14.3 Å². The van der Waals surface area contributed by atoms with E-state index in [0.29, 0.717) is 29.9 Å². The molecule has 178 valence electrons. The van der Waals surface area contributed by atoms with Crippen molar-refractivity contribution in [2.45, 2.75) is 18.2 Å². The zero-order valence-corrected chi connectivity index (χ0v) is 20.3. The second-order valence-corrected chi connectivity index (χ2v) is 9.17. The summed E-state index contributed by atoms with van der Waals surface area (Å²) in [5, 5.41) is 9.49. The molecule has 1 amide bonds. The summed E-state index contributed by atoms with van der Waals surface area (Å²) in [6, 6.07) is 19.4. The average molecular weight is 488 g/mol. The van der Waals surface area contributed by atoms with E-state index in [9.17, 15) is 4.79 Å². The van der Waals surface area contributed by atoms with Crippen LogP contribution in [0.2, 0.25) is 0 Å². The van der Waals surface area contributed by atoms with Crippen LogP contribution in [-0.4, -0.2) is 62.6 Å². The standard InChI is InChI=1S/C26H25N5O3S/c1-18-8-3-4-10-21(18)31-25(19-9-7-13-27-14-19)28-29-26(31)35-17-24(32)30(2)15-20-16-33-22-11-5-6-12-23(22)34-20/h3-14,20H,15-17H2,1-2H3/t20-/m0/s1. The summed E-state index contributed by atoms with van der Waals surface area (Å²) >= 11 is 1.36. The fourth-order valence-corrected chi connectivity index (χ4v) is 4.76. The first-order valence-corrected chi connectivity index (χ1v) is 12.3. The molecule has 0 bridgehead atoms. The van der Waals surface area contributed by atoms with Crippen molar-refractivity contribution in [3.8, 4) is 28.6 Å². The van der Waals surface area contributed by atoms with Crippen LogP contribution in [0.15, 0.2) is 78.2 Å². The average Bonchev–Trinajstić information content (AvgIpc) is 3.31. The first-order valence-electron chi connectivity index (χ1n) is 11.3. The van der Waals surface area contributed by atoms with Gasteiger partial charge in [-0.25, -0.2) is 0 Å². The molecular weight excluding hydrogens is 462 g/mol. The van der Waals surface area contributed by atoms with Gasteiger partial charge in [-0.05, 0) is 42.8 Å². The van der Waals surface area contributed by atoms with E-state index in [1.807, 2.05) is 72.2 Å². The van der Waals surface area contributed by atoms with Crippen molar-refractivity contribution in [1.29, 1.82) is 0 Å². The first kappa shape index (κ1) is 22.9. The Kier molecular flexibility index (Phi) is 6.67. The molecule has 1 aliphatic heterocycles. The van der Waals surface area contributed by atoms with Gasteiger partial charge in [-0.2, -0.15) is 0 Å². The summed E-state index contributed by atoms with van der Waals surface area (Å²) in [4.78, 5) is 18.9. The molecule has 35 heavy (non-hydrogen) atoms. The fraction of sp³-hybridized carbons (Fsp3) is 0.231. The molecule has 0 unspecified atom stereocenters. The third-order valence-electron chi connectivity index (χ3n) is 5.70. The molecule has 0 saturated heterocycles. The first-order chi connectivity index (χ1) is 17.1. The highest BCUT2D eigenvalue weighted by molar-refractivity contribution is 7.99. The Morgan fingerprint density at radius 3 is 2.69 bits per heavy atom. The number of carbonyl (C=O) groups excluding carboxylic acids is 1. The lowest BCUT2D eigenvalue weighted by molar-refractivity contribution is -0.128. The van der Waals surface area contributed by atoms with Crippen LogP contribution in [0.3, 0.4) is 0 Å². The van der Waals surface area contributed by atoms with Gasteiger partial charge >= 0.3 is 0 Å². The largest absolute Gasteiger partial charge is 0.486 e. The quantitative estimate of drug-likeness (QED) is 0.364. The molecule has 8 nitrogen and oxygen atoms in total. The molecule has 5 rings (SSSR count). The van der Waals surface area contributed by atoms with Crippen molar-refractivity contribution in [3.05, 3.63) is 78.6 Å². The minimum absolute atomic E-state index is 0.0280. The number of hydrogen-bond donors (Lipinski definition) is 0. The van der Waals surface area contributed by atoms with Crippen LogP contribution >= 0.6 is 11.8 Å². The number of carbonyl (C=O) groups is 1. The van der Waals surface area contributed by atoms with Gasteiger partial charge in [-0.1, -0.05) is 42.1 Å². The van der Waals surface area contributed by atoms with Gasteiger partial charge < -0.3 is 14.4 Å². The third kappa shape index (κ3) is 5.00. The van der Waals surface area contributed by atoms with Crippen molar-refractivity contribution in [3.63, 3.8) is 0 Å². The molecule has 0 fully saturated rings. The lowest BCUT2D eigenvalue weighted by Gasteiger charge is -2.29. The van der Waals surface area contributed by atoms with Gasteiger partial charge in [0.25, 0.3) is 0 Å². The maximum atomic E-state index is 13.0. The van der Waals surface area contributed by atoms with Gasteiger partial charge in [0, 0.05) is 25.0 Å². The second kappa shape index (κ2) is 10.2. The number of pyridine rings is 1. The Hall–Kier alpha value is -3.85.